The number of carbonyl (C=O) groups excluding carboxylic acids is 1. The molecule has 3 aromatic carbocycles. The summed E-state index contributed by atoms with van der Waals surface area (Å²) in [5.74, 6) is 0.709. The topological polar surface area (TPSA) is 84.9 Å². The van der Waals surface area contributed by atoms with Crippen molar-refractivity contribution in [3.8, 4) is 11.5 Å². The molecule has 1 amide bonds. The number of nitrogens with zero attached hydrogens (tertiary/aromatic N) is 1. The molecule has 1 heterocycles. The van der Waals surface area contributed by atoms with E-state index in [1.54, 1.807) is 60.7 Å². The van der Waals surface area contributed by atoms with E-state index in [2.05, 4.69) is 5.32 Å². The van der Waals surface area contributed by atoms with Crippen LogP contribution in [0.5, 0.6) is 11.5 Å². The Labute approximate surface area is 187 Å². The van der Waals surface area contributed by atoms with E-state index in [0.717, 1.165) is 12.0 Å². The highest BCUT2D eigenvalue weighted by Gasteiger charge is 2.29. The highest BCUT2D eigenvalue weighted by Crippen LogP contribution is 2.34. The maximum Gasteiger partial charge on any atom is 0.264 e. The van der Waals surface area contributed by atoms with E-state index >= 15 is 0 Å². The normalized spacial score (nSPS) is 13.2. The van der Waals surface area contributed by atoms with Crippen LogP contribution in [0.15, 0.2) is 71.6 Å². The van der Waals surface area contributed by atoms with Crippen molar-refractivity contribution in [2.24, 2.45) is 0 Å². The number of hydrogen-bond acceptors (Lipinski definition) is 5. The van der Waals surface area contributed by atoms with Gasteiger partial charge in [-0.1, -0.05) is 18.2 Å². The fourth-order valence-corrected chi connectivity index (χ4v) is 5.35. The first-order valence-corrected chi connectivity index (χ1v) is 11.6. The van der Waals surface area contributed by atoms with E-state index in [1.165, 1.54) is 18.5 Å². The van der Waals surface area contributed by atoms with Crippen molar-refractivity contribution in [3.05, 3.63) is 77.9 Å². The lowest BCUT2D eigenvalue weighted by molar-refractivity contribution is 0.102. The second-order valence-corrected chi connectivity index (χ2v) is 9.22. The summed E-state index contributed by atoms with van der Waals surface area (Å²) in [6.07, 6.45) is 1.43. The molecular formula is C24H24N2O5S. The fourth-order valence-electron chi connectivity index (χ4n) is 3.79. The van der Waals surface area contributed by atoms with E-state index in [1.807, 2.05) is 6.07 Å². The molecule has 166 valence electrons. The van der Waals surface area contributed by atoms with Crippen LogP contribution >= 0.6 is 0 Å². The molecule has 32 heavy (non-hydrogen) atoms. The molecule has 0 atom stereocenters. The number of carbonyl (C=O) groups is 1. The summed E-state index contributed by atoms with van der Waals surface area (Å²) < 4.78 is 38.2. The molecule has 1 aliphatic heterocycles. The molecule has 1 aliphatic rings. The molecule has 0 unspecified atom stereocenters. The van der Waals surface area contributed by atoms with E-state index in [0.29, 0.717) is 41.4 Å². The zero-order valence-corrected chi connectivity index (χ0v) is 18.7. The van der Waals surface area contributed by atoms with Gasteiger partial charge in [0.15, 0.2) is 11.5 Å². The Morgan fingerprint density at radius 2 is 1.69 bits per heavy atom. The quantitative estimate of drug-likeness (QED) is 0.609. The van der Waals surface area contributed by atoms with E-state index in [-0.39, 0.29) is 10.8 Å². The first-order valence-electron chi connectivity index (χ1n) is 10.2. The molecule has 0 radical (unpaired) electrons. The average molecular weight is 453 g/mol. The van der Waals surface area contributed by atoms with Gasteiger partial charge in [0.05, 0.1) is 24.8 Å². The summed E-state index contributed by atoms with van der Waals surface area (Å²) in [6.45, 7) is 0.418. The molecule has 0 spiro atoms. The van der Waals surface area contributed by atoms with Gasteiger partial charge in [0, 0.05) is 17.8 Å². The second-order valence-electron chi connectivity index (χ2n) is 7.36. The summed E-state index contributed by atoms with van der Waals surface area (Å²) in [7, 11) is -0.603. The van der Waals surface area contributed by atoms with Gasteiger partial charge < -0.3 is 14.8 Å². The molecule has 4 rings (SSSR count). The number of amides is 1. The van der Waals surface area contributed by atoms with Crippen LogP contribution in [0.1, 0.15) is 22.3 Å². The molecule has 3 aromatic rings. The second kappa shape index (κ2) is 8.92. The first kappa shape index (κ1) is 21.7. The molecule has 1 N–H and O–H groups in total. The maximum absolute atomic E-state index is 13.1. The van der Waals surface area contributed by atoms with Gasteiger partial charge in [-0.05, 0) is 66.9 Å². The number of sulfonamides is 1. The Morgan fingerprint density at radius 1 is 0.938 bits per heavy atom. The number of nitrogens with one attached hydrogen (secondary N) is 1. The van der Waals surface area contributed by atoms with Crippen LogP contribution < -0.4 is 19.1 Å². The lowest BCUT2D eigenvalue weighted by Crippen LogP contribution is -2.35. The molecule has 0 aliphatic carbocycles. The standard InChI is InChI=1S/C24H24N2O5S/c1-30-22-13-10-18(16-23(22)31-2)24(27)25-19-11-12-21-17(15-19)7-6-14-26(21)32(28,29)20-8-4-3-5-9-20/h3-5,8-13,15-16H,6-7,14H2,1-2H3,(H,25,27). The predicted molar refractivity (Wildman–Crippen MR) is 123 cm³/mol. The van der Waals surface area contributed by atoms with Gasteiger partial charge in [0.25, 0.3) is 15.9 Å². The van der Waals surface area contributed by atoms with E-state index in [4.69, 9.17) is 9.47 Å². The highest BCUT2D eigenvalue weighted by molar-refractivity contribution is 7.92. The molecule has 0 fully saturated rings. The zero-order valence-electron chi connectivity index (χ0n) is 17.9. The van der Waals surface area contributed by atoms with Crippen molar-refractivity contribution in [2.75, 3.05) is 30.4 Å². The summed E-state index contributed by atoms with van der Waals surface area (Å²) in [6, 6.07) is 18.7. The maximum atomic E-state index is 13.1. The summed E-state index contributed by atoms with van der Waals surface area (Å²) >= 11 is 0. The van der Waals surface area contributed by atoms with Crippen LogP contribution in [-0.4, -0.2) is 35.1 Å². The van der Waals surface area contributed by atoms with Crippen LogP contribution in [0.3, 0.4) is 0 Å². The molecule has 0 bridgehead atoms. The van der Waals surface area contributed by atoms with Crippen LogP contribution in [-0.2, 0) is 16.4 Å². The number of aryl methyl sites for hydroxylation is 1. The third kappa shape index (κ3) is 4.13. The molecular weight excluding hydrogens is 428 g/mol. The SMILES string of the molecule is COc1ccc(C(=O)Nc2ccc3c(c2)CCCN3S(=O)(=O)c2ccccc2)cc1OC. The zero-order chi connectivity index (χ0) is 22.7. The fraction of sp³-hybridized carbons (Fsp3) is 0.208. The Kier molecular flexibility index (Phi) is 6.05. The van der Waals surface area contributed by atoms with Crippen molar-refractivity contribution >= 4 is 27.3 Å². The van der Waals surface area contributed by atoms with Gasteiger partial charge in [-0.25, -0.2) is 8.42 Å². The number of rotatable bonds is 6. The third-order valence-electron chi connectivity index (χ3n) is 5.39. The highest BCUT2D eigenvalue weighted by atomic mass is 32.2. The Bertz CT molecular complexity index is 1240. The first-order chi connectivity index (χ1) is 15.4. The third-order valence-corrected chi connectivity index (χ3v) is 7.22. The largest absolute Gasteiger partial charge is 0.493 e. The number of benzene rings is 3. The Hall–Kier alpha value is -3.52. The number of methoxy groups -OCH3 is 2. The van der Waals surface area contributed by atoms with Gasteiger partial charge in [-0.2, -0.15) is 0 Å². The lowest BCUT2D eigenvalue weighted by Gasteiger charge is -2.31. The van der Waals surface area contributed by atoms with Crippen LogP contribution in [0.2, 0.25) is 0 Å². The Morgan fingerprint density at radius 3 is 2.41 bits per heavy atom. The van der Waals surface area contributed by atoms with Gasteiger partial charge >= 0.3 is 0 Å². The summed E-state index contributed by atoms with van der Waals surface area (Å²) in [5, 5.41) is 2.88. The van der Waals surface area contributed by atoms with Crippen molar-refractivity contribution in [3.63, 3.8) is 0 Å². The van der Waals surface area contributed by atoms with Crippen molar-refractivity contribution in [1.82, 2.24) is 0 Å². The number of ether oxygens (including phenoxy) is 2. The van der Waals surface area contributed by atoms with E-state index in [9.17, 15) is 13.2 Å². The average Bonchev–Trinajstić information content (AvgIpc) is 2.83. The smallest absolute Gasteiger partial charge is 0.264 e. The van der Waals surface area contributed by atoms with Gasteiger partial charge in [-0.15, -0.1) is 0 Å². The summed E-state index contributed by atoms with van der Waals surface area (Å²) in [5.41, 5.74) is 2.54. The van der Waals surface area contributed by atoms with Crippen LogP contribution in [0.25, 0.3) is 0 Å². The summed E-state index contributed by atoms with van der Waals surface area (Å²) in [4.78, 5) is 13.0. The van der Waals surface area contributed by atoms with Crippen LogP contribution in [0.4, 0.5) is 11.4 Å². The minimum absolute atomic E-state index is 0.263. The van der Waals surface area contributed by atoms with E-state index < -0.39 is 10.0 Å². The van der Waals surface area contributed by atoms with Crippen LogP contribution in [0, 0.1) is 0 Å². The predicted octanol–water partition coefficient (Wildman–Crippen LogP) is 4.10. The van der Waals surface area contributed by atoms with Gasteiger partial charge in [0.1, 0.15) is 0 Å². The molecule has 8 heteroatoms. The number of anilines is 2. The molecule has 0 saturated carbocycles. The molecule has 0 saturated heterocycles. The van der Waals surface area contributed by atoms with Crippen molar-refractivity contribution < 1.29 is 22.7 Å². The number of fused-ring (bicyclic) bond motifs is 1. The van der Waals surface area contributed by atoms with Crippen molar-refractivity contribution in [1.29, 1.82) is 0 Å². The monoisotopic (exact) mass is 452 g/mol. The number of hydrogen-bond donors (Lipinski definition) is 1. The Balaban J connectivity index is 1.59. The van der Waals surface area contributed by atoms with Gasteiger partial charge in [-0.3, -0.25) is 9.10 Å². The van der Waals surface area contributed by atoms with Gasteiger partial charge in [0.2, 0.25) is 0 Å². The van der Waals surface area contributed by atoms with Crippen molar-refractivity contribution in [2.45, 2.75) is 17.7 Å². The molecule has 0 aromatic heterocycles. The minimum Gasteiger partial charge on any atom is -0.493 e. The minimum atomic E-state index is -3.65. The molecule has 7 nitrogen and oxygen atoms in total. The lowest BCUT2D eigenvalue weighted by atomic mass is 10.0.